The lowest BCUT2D eigenvalue weighted by atomic mass is 9.85. The van der Waals surface area contributed by atoms with Gasteiger partial charge in [0.05, 0.1) is 42.9 Å². The molecule has 4 aliphatic heterocycles. The number of benzene rings is 1. The molecule has 2 amide bonds. The number of amides is 2. The van der Waals surface area contributed by atoms with E-state index in [0.717, 1.165) is 23.1 Å². The molecule has 0 unspecified atom stereocenters. The Kier molecular flexibility index (Phi) is 9.09. The van der Waals surface area contributed by atoms with Gasteiger partial charge in [-0.15, -0.1) is 0 Å². The molecule has 1 spiro atoms. The van der Waals surface area contributed by atoms with Gasteiger partial charge in [0.15, 0.2) is 5.84 Å². The summed E-state index contributed by atoms with van der Waals surface area (Å²) in [6, 6.07) is 11.3. The molecule has 1 atom stereocenters. The molecule has 5 N–H and O–H groups in total. The molecule has 0 radical (unpaired) electrons. The van der Waals surface area contributed by atoms with Gasteiger partial charge in [-0.1, -0.05) is 36.4 Å². The minimum atomic E-state index is -0.532. The van der Waals surface area contributed by atoms with Crippen LogP contribution < -0.4 is 16.0 Å². The fourth-order valence-corrected chi connectivity index (χ4v) is 6.72. The van der Waals surface area contributed by atoms with E-state index in [1.165, 1.54) is 11.9 Å². The second-order valence-electron chi connectivity index (χ2n) is 12.3. The topological polar surface area (TPSA) is 164 Å². The van der Waals surface area contributed by atoms with Crippen LogP contribution in [0.2, 0.25) is 0 Å². The van der Waals surface area contributed by atoms with Gasteiger partial charge in [-0.2, -0.15) is 0 Å². The number of carbonyl (C=O) groups excluding carboxylic acids is 2. The SMILES string of the molecule is CN/C=N\C(=N)c1ccc(C2=CCN(C(=O)CN3CC[C@]4(CCN(c5ccc(N)c(C(=N)C6=CCOCC6)n5)C4=O)C3)CC2)cc1. The van der Waals surface area contributed by atoms with Crippen molar-refractivity contribution in [1.29, 1.82) is 10.8 Å². The Morgan fingerprint density at radius 2 is 1.91 bits per heavy atom. The number of anilines is 2. The molecule has 6 rings (SSSR count). The zero-order valence-electron chi connectivity index (χ0n) is 26.2. The van der Waals surface area contributed by atoms with Crippen molar-refractivity contribution >= 4 is 46.8 Å². The maximum Gasteiger partial charge on any atom is 0.237 e. The molecule has 12 heteroatoms. The molecule has 4 aliphatic rings. The molecule has 0 saturated carbocycles. The van der Waals surface area contributed by atoms with Crippen LogP contribution in [0.25, 0.3) is 5.57 Å². The lowest BCUT2D eigenvalue weighted by Crippen LogP contribution is -2.43. The molecule has 5 heterocycles. The van der Waals surface area contributed by atoms with Gasteiger partial charge in [-0.05, 0) is 61.1 Å². The van der Waals surface area contributed by atoms with Crippen LogP contribution in [0.5, 0.6) is 0 Å². The number of hydrogen-bond acceptors (Lipinski definition) is 8. The first-order valence-electron chi connectivity index (χ1n) is 15.8. The van der Waals surface area contributed by atoms with Gasteiger partial charge >= 0.3 is 0 Å². The number of aromatic nitrogens is 1. The molecule has 2 saturated heterocycles. The molecule has 46 heavy (non-hydrogen) atoms. The van der Waals surface area contributed by atoms with E-state index in [9.17, 15) is 9.59 Å². The van der Waals surface area contributed by atoms with Crippen LogP contribution in [0, 0.1) is 16.2 Å². The van der Waals surface area contributed by atoms with Crippen LogP contribution in [0.3, 0.4) is 0 Å². The molecule has 0 aliphatic carbocycles. The van der Waals surface area contributed by atoms with E-state index in [1.54, 1.807) is 24.1 Å². The van der Waals surface area contributed by atoms with E-state index >= 15 is 0 Å². The van der Waals surface area contributed by atoms with Crippen LogP contribution in [0.15, 0.2) is 59.1 Å². The van der Waals surface area contributed by atoms with Crippen molar-refractivity contribution in [2.75, 3.05) is 70.2 Å². The number of carbonyl (C=O) groups is 2. The van der Waals surface area contributed by atoms with Crippen molar-refractivity contribution in [2.45, 2.75) is 25.7 Å². The Balaban J connectivity index is 1.04. The molecule has 2 aromatic rings. The molecule has 1 aromatic carbocycles. The van der Waals surface area contributed by atoms with Crippen molar-refractivity contribution in [1.82, 2.24) is 20.1 Å². The second-order valence-corrected chi connectivity index (χ2v) is 12.3. The predicted molar refractivity (Wildman–Crippen MR) is 179 cm³/mol. The van der Waals surface area contributed by atoms with Crippen LogP contribution in [0.1, 0.15) is 42.5 Å². The maximum atomic E-state index is 13.8. The van der Waals surface area contributed by atoms with E-state index in [1.807, 2.05) is 35.2 Å². The van der Waals surface area contributed by atoms with E-state index in [-0.39, 0.29) is 23.4 Å². The zero-order chi connectivity index (χ0) is 32.3. The first-order chi connectivity index (χ1) is 22.3. The summed E-state index contributed by atoms with van der Waals surface area (Å²) in [5, 5.41) is 19.5. The number of hydrogen-bond donors (Lipinski definition) is 4. The lowest BCUT2D eigenvalue weighted by Gasteiger charge is -2.29. The molecule has 1 aromatic heterocycles. The highest BCUT2D eigenvalue weighted by atomic mass is 16.5. The van der Waals surface area contributed by atoms with Crippen LogP contribution in [0.4, 0.5) is 11.5 Å². The fraction of sp³-hybridized carbons (Fsp3) is 0.412. The minimum Gasteiger partial charge on any atom is -0.397 e. The quantitative estimate of drug-likeness (QED) is 0.259. The first-order valence-corrected chi connectivity index (χ1v) is 15.8. The third kappa shape index (κ3) is 6.35. The second kappa shape index (κ2) is 13.4. The van der Waals surface area contributed by atoms with Gasteiger partial charge in [0, 0.05) is 38.8 Å². The number of nitrogens with zero attached hydrogens (tertiary/aromatic N) is 5. The van der Waals surface area contributed by atoms with Crippen molar-refractivity contribution in [3.05, 3.63) is 70.9 Å². The molecule has 0 bridgehead atoms. The van der Waals surface area contributed by atoms with E-state index in [0.29, 0.717) is 88.9 Å². The summed E-state index contributed by atoms with van der Waals surface area (Å²) in [4.78, 5) is 41.6. The molecular weight excluding hydrogens is 582 g/mol. The third-order valence-corrected chi connectivity index (χ3v) is 9.43. The molecule has 240 valence electrons. The number of aliphatic imine (C=N–C) groups is 1. The van der Waals surface area contributed by atoms with E-state index in [2.05, 4.69) is 21.3 Å². The van der Waals surface area contributed by atoms with Gasteiger partial charge in [0.1, 0.15) is 11.5 Å². The summed E-state index contributed by atoms with van der Waals surface area (Å²) in [6.45, 7) is 4.31. The average Bonchev–Trinajstić information content (AvgIpc) is 3.65. The molecular formula is C34H41N9O3. The van der Waals surface area contributed by atoms with Crippen LogP contribution in [-0.4, -0.2) is 104 Å². The maximum absolute atomic E-state index is 13.8. The highest BCUT2D eigenvalue weighted by molar-refractivity contribution is 6.12. The van der Waals surface area contributed by atoms with Gasteiger partial charge in [-0.25, -0.2) is 9.98 Å². The van der Waals surface area contributed by atoms with Crippen molar-refractivity contribution in [3.8, 4) is 0 Å². The normalized spacial score (nSPS) is 22.0. The minimum absolute atomic E-state index is 0.0306. The van der Waals surface area contributed by atoms with E-state index in [4.69, 9.17) is 26.3 Å². The van der Waals surface area contributed by atoms with Gasteiger partial charge in [0.2, 0.25) is 11.8 Å². The summed E-state index contributed by atoms with van der Waals surface area (Å²) in [6.07, 6.45) is 8.29. The van der Waals surface area contributed by atoms with Gasteiger partial charge in [-0.3, -0.25) is 30.2 Å². The Bertz CT molecular complexity index is 1630. The number of likely N-dealkylation sites (tertiary alicyclic amines) is 1. The van der Waals surface area contributed by atoms with Crippen LogP contribution >= 0.6 is 0 Å². The van der Waals surface area contributed by atoms with Crippen molar-refractivity contribution in [2.24, 2.45) is 10.4 Å². The summed E-state index contributed by atoms with van der Waals surface area (Å²) < 4.78 is 5.38. The molecule has 12 nitrogen and oxygen atoms in total. The predicted octanol–water partition coefficient (Wildman–Crippen LogP) is 2.70. The van der Waals surface area contributed by atoms with Crippen LogP contribution in [-0.2, 0) is 14.3 Å². The first kappa shape index (κ1) is 31.3. The number of nitrogens with one attached hydrogen (secondary N) is 3. The number of rotatable bonds is 8. The monoisotopic (exact) mass is 623 g/mol. The average molecular weight is 624 g/mol. The number of nitrogens with two attached hydrogens (primary N) is 1. The van der Waals surface area contributed by atoms with Gasteiger partial charge < -0.3 is 20.7 Å². The number of nitrogen functional groups attached to an aromatic ring is 1. The fourth-order valence-electron chi connectivity index (χ4n) is 6.72. The van der Waals surface area contributed by atoms with Gasteiger partial charge in [0.25, 0.3) is 0 Å². The number of pyridine rings is 1. The number of ether oxygens (including phenoxy) is 1. The highest BCUT2D eigenvalue weighted by Gasteiger charge is 2.51. The Labute approximate surface area is 269 Å². The summed E-state index contributed by atoms with van der Waals surface area (Å²) in [5.41, 5.74) is 10.6. The lowest BCUT2D eigenvalue weighted by molar-refractivity contribution is -0.132. The van der Waals surface area contributed by atoms with E-state index < -0.39 is 5.41 Å². The summed E-state index contributed by atoms with van der Waals surface area (Å²) in [7, 11) is 1.74. The van der Waals surface area contributed by atoms with Crippen molar-refractivity contribution < 1.29 is 14.3 Å². The highest BCUT2D eigenvalue weighted by Crippen LogP contribution is 2.42. The smallest absolute Gasteiger partial charge is 0.237 e. The largest absolute Gasteiger partial charge is 0.397 e. The zero-order valence-corrected chi connectivity index (χ0v) is 26.2. The van der Waals surface area contributed by atoms with Crippen molar-refractivity contribution in [3.63, 3.8) is 0 Å². The summed E-state index contributed by atoms with van der Waals surface area (Å²) >= 11 is 0. The number of amidine groups is 1. The third-order valence-electron chi connectivity index (χ3n) is 9.43. The Hall–Kier alpha value is -4.68. The Morgan fingerprint density at radius 1 is 1.11 bits per heavy atom. The standard InChI is InChI=1S/C34H41N9O3/c1-38-22-39-32(37)26-4-2-23(3-5-26)24-8-14-42(15-9-24)29(44)20-41-16-12-34(21-41)13-17-43(33(34)45)28-7-6-27(35)31(40-28)30(36)25-10-18-46-19-11-25/h2-8,10,22,36H,9,11-21,35H2,1H3,(H2,37,38,39)/t34-/m0/s1. The molecule has 2 fully saturated rings. The Morgan fingerprint density at radius 3 is 2.63 bits per heavy atom. The summed E-state index contributed by atoms with van der Waals surface area (Å²) in [5.74, 6) is 0.821.